The number of amidine groups is 1. The first-order chi connectivity index (χ1) is 13.0. The van der Waals surface area contributed by atoms with Crippen LogP contribution < -0.4 is 16.0 Å². The van der Waals surface area contributed by atoms with Gasteiger partial charge in [-0.25, -0.2) is 0 Å². The Morgan fingerprint density at radius 1 is 1.22 bits per heavy atom. The number of piperazine rings is 1. The van der Waals surface area contributed by atoms with E-state index in [2.05, 4.69) is 54.2 Å². The average Bonchev–Trinajstić information content (AvgIpc) is 2.66. The van der Waals surface area contributed by atoms with Crippen molar-refractivity contribution in [3.05, 3.63) is 46.3 Å². The maximum atomic E-state index is 6.75. The Labute approximate surface area is 166 Å². The van der Waals surface area contributed by atoms with Gasteiger partial charge in [-0.2, -0.15) is 0 Å². The lowest BCUT2D eigenvalue weighted by Gasteiger charge is -2.40. The van der Waals surface area contributed by atoms with Gasteiger partial charge < -0.3 is 16.0 Å². The van der Waals surface area contributed by atoms with E-state index in [0.717, 1.165) is 44.1 Å². The minimum Gasteiger partial charge on any atom is -0.397 e. The van der Waals surface area contributed by atoms with Gasteiger partial charge in [0.2, 0.25) is 0 Å². The van der Waals surface area contributed by atoms with E-state index in [1.807, 2.05) is 6.07 Å². The molecule has 0 radical (unpaired) electrons. The summed E-state index contributed by atoms with van der Waals surface area (Å²) in [4.78, 5) is 9.70. The van der Waals surface area contributed by atoms with Crippen LogP contribution in [-0.2, 0) is 0 Å². The van der Waals surface area contributed by atoms with E-state index in [0.29, 0.717) is 16.6 Å². The number of nitrogens with one attached hydrogen (secondary N) is 1. The van der Waals surface area contributed by atoms with Crippen LogP contribution in [0, 0.1) is 0 Å². The van der Waals surface area contributed by atoms with E-state index in [4.69, 9.17) is 22.3 Å². The summed E-state index contributed by atoms with van der Waals surface area (Å²) in [6.45, 7) is 10.5. The molecule has 27 heavy (non-hydrogen) atoms. The van der Waals surface area contributed by atoms with Gasteiger partial charge in [-0.15, -0.1) is 0 Å². The molecule has 0 aliphatic carbocycles. The lowest BCUT2D eigenvalue weighted by molar-refractivity contribution is 0.310. The molecule has 1 aromatic rings. The van der Waals surface area contributed by atoms with Crippen LogP contribution in [0.1, 0.15) is 38.7 Å². The van der Waals surface area contributed by atoms with Gasteiger partial charge in [0.1, 0.15) is 0 Å². The summed E-state index contributed by atoms with van der Waals surface area (Å²) in [5, 5.41) is 4.06. The largest absolute Gasteiger partial charge is 0.397 e. The molecule has 2 atom stereocenters. The van der Waals surface area contributed by atoms with Gasteiger partial charge in [0.15, 0.2) is 5.84 Å². The van der Waals surface area contributed by atoms with Crippen LogP contribution in [0.4, 0.5) is 11.4 Å². The maximum Gasteiger partial charge on any atom is 0.156 e. The average molecular weight is 386 g/mol. The van der Waals surface area contributed by atoms with Gasteiger partial charge in [-0.3, -0.25) is 9.89 Å². The van der Waals surface area contributed by atoms with Crippen LogP contribution in [0.15, 0.2) is 40.7 Å². The highest BCUT2D eigenvalue weighted by atomic mass is 35.5. The molecule has 3 heterocycles. The Morgan fingerprint density at radius 2 is 1.96 bits per heavy atom. The van der Waals surface area contributed by atoms with E-state index in [1.165, 1.54) is 16.8 Å². The number of rotatable bonds is 1. The van der Waals surface area contributed by atoms with E-state index < -0.39 is 0 Å². The van der Waals surface area contributed by atoms with E-state index in [9.17, 15) is 0 Å². The fourth-order valence-electron chi connectivity index (χ4n) is 4.00. The zero-order valence-electron chi connectivity index (χ0n) is 16.3. The molecule has 1 saturated heterocycles. The molecule has 2 unspecified atom stereocenters. The fourth-order valence-corrected chi connectivity index (χ4v) is 4.26. The van der Waals surface area contributed by atoms with Crippen molar-refractivity contribution in [1.82, 2.24) is 10.2 Å². The monoisotopic (exact) mass is 385 g/mol. The van der Waals surface area contributed by atoms with Crippen molar-refractivity contribution in [2.24, 2.45) is 4.99 Å². The van der Waals surface area contributed by atoms with Crippen molar-refractivity contribution >= 4 is 28.8 Å². The van der Waals surface area contributed by atoms with Gasteiger partial charge >= 0.3 is 0 Å². The van der Waals surface area contributed by atoms with Crippen LogP contribution in [0.2, 0.25) is 5.02 Å². The molecule has 5 nitrogen and oxygen atoms in total. The number of nitrogen functional groups attached to an aromatic ring is 1. The minimum absolute atomic E-state index is 0.155. The number of aliphatic imine (C=N–C) groups is 1. The Bertz CT molecular complexity index is 835. The molecule has 0 aromatic heterocycles. The van der Waals surface area contributed by atoms with Crippen LogP contribution in [0.25, 0.3) is 0 Å². The molecule has 1 aromatic carbocycles. The maximum absolute atomic E-state index is 6.75. The highest BCUT2D eigenvalue weighted by Gasteiger charge is 2.32. The van der Waals surface area contributed by atoms with Crippen LogP contribution in [0.5, 0.6) is 0 Å². The number of halogens is 1. The van der Waals surface area contributed by atoms with Crippen molar-refractivity contribution in [3.8, 4) is 0 Å². The highest BCUT2D eigenvalue weighted by molar-refractivity contribution is 6.37. The summed E-state index contributed by atoms with van der Waals surface area (Å²) < 4.78 is 0. The lowest BCUT2D eigenvalue weighted by Crippen LogP contribution is -2.47. The Hall–Kier alpha value is -1.98. The number of fused-ring (bicyclic) bond motifs is 3. The predicted octanol–water partition coefficient (Wildman–Crippen LogP) is 3.73. The van der Waals surface area contributed by atoms with Crippen molar-refractivity contribution < 1.29 is 0 Å². The number of hydrogen-bond acceptors (Lipinski definition) is 5. The first kappa shape index (κ1) is 18.4. The molecule has 0 saturated carbocycles. The summed E-state index contributed by atoms with van der Waals surface area (Å²) in [7, 11) is 0. The third-order valence-corrected chi connectivity index (χ3v) is 6.23. The Kier molecular flexibility index (Phi) is 4.91. The zero-order chi connectivity index (χ0) is 19.1. The summed E-state index contributed by atoms with van der Waals surface area (Å²) >= 11 is 6.75. The van der Waals surface area contributed by atoms with E-state index in [1.54, 1.807) is 0 Å². The predicted molar refractivity (Wildman–Crippen MR) is 115 cm³/mol. The minimum atomic E-state index is 0.155. The number of nitrogens with zero attached hydrogens (tertiary/aromatic N) is 3. The molecular formula is C21H28ClN5. The molecule has 0 amide bonds. The van der Waals surface area contributed by atoms with Gasteiger partial charge in [-0.1, -0.05) is 30.7 Å². The topological polar surface area (TPSA) is 56.9 Å². The quantitative estimate of drug-likeness (QED) is 0.723. The molecule has 4 rings (SSSR count). The van der Waals surface area contributed by atoms with Crippen molar-refractivity contribution in [3.63, 3.8) is 0 Å². The third-order valence-electron chi connectivity index (χ3n) is 5.84. The zero-order valence-corrected chi connectivity index (χ0v) is 17.1. The third kappa shape index (κ3) is 3.23. The number of nitrogens with two attached hydrogens (primary N) is 1. The fraction of sp³-hybridized carbons (Fsp3) is 0.476. The Morgan fingerprint density at radius 3 is 2.70 bits per heavy atom. The summed E-state index contributed by atoms with van der Waals surface area (Å²) in [6, 6.07) is 4.19. The van der Waals surface area contributed by atoms with Gasteiger partial charge in [-0.05, 0) is 43.4 Å². The second-order valence-electron chi connectivity index (χ2n) is 7.74. The number of hydrogen-bond donors (Lipinski definition) is 2. The van der Waals surface area contributed by atoms with Gasteiger partial charge in [0, 0.05) is 32.4 Å². The van der Waals surface area contributed by atoms with Crippen LogP contribution in [0.3, 0.4) is 0 Å². The van der Waals surface area contributed by atoms with Crippen molar-refractivity contribution in [2.45, 2.75) is 39.2 Å². The molecule has 1 fully saturated rings. The Balaban J connectivity index is 1.90. The normalized spacial score (nSPS) is 25.6. The molecular weight excluding hydrogens is 358 g/mol. The van der Waals surface area contributed by atoms with E-state index in [-0.39, 0.29) is 6.04 Å². The highest BCUT2D eigenvalue weighted by Crippen LogP contribution is 2.43. The molecule has 0 bridgehead atoms. The molecule has 6 heteroatoms. The van der Waals surface area contributed by atoms with Gasteiger partial charge in [0.25, 0.3) is 0 Å². The van der Waals surface area contributed by atoms with Crippen molar-refractivity contribution in [2.75, 3.05) is 36.8 Å². The summed E-state index contributed by atoms with van der Waals surface area (Å²) in [5.74, 6) is 1.33. The molecule has 3 aliphatic heterocycles. The molecule has 144 valence electrons. The summed E-state index contributed by atoms with van der Waals surface area (Å²) in [5.41, 5.74) is 11.4. The first-order valence-corrected chi connectivity index (χ1v) is 10.1. The second kappa shape index (κ2) is 7.21. The van der Waals surface area contributed by atoms with Crippen LogP contribution >= 0.6 is 11.6 Å². The lowest BCUT2D eigenvalue weighted by atomic mass is 9.92. The number of anilines is 2. The molecule has 3 aliphatic rings. The number of allylic oxidation sites excluding steroid dienone is 1. The molecule has 3 N–H and O–H groups in total. The van der Waals surface area contributed by atoms with E-state index >= 15 is 0 Å². The molecule has 0 spiro atoms. The standard InChI is InChI=1S/C21H28ClN5/c1-13-4-7-18(26-10-8-24-9-11-26)21-25-15(3)14(2)12-27(21)20-16(13)5-6-17(23)19(20)22/h5-7,12-13,15,24H,4,8-11,23H2,1-3H3. The van der Waals surface area contributed by atoms with Gasteiger partial charge in [0.05, 0.1) is 28.1 Å². The summed E-state index contributed by atoms with van der Waals surface area (Å²) in [6.07, 6.45) is 5.50. The first-order valence-electron chi connectivity index (χ1n) is 9.76. The van der Waals surface area contributed by atoms with Crippen molar-refractivity contribution in [1.29, 1.82) is 0 Å². The second-order valence-corrected chi connectivity index (χ2v) is 8.12. The van der Waals surface area contributed by atoms with Crippen LogP contribution in [-0.4, -0.2) is 43.0 Å². The SMILES string of the molecule is CC1=CN2C(=NC1C)C(N1CCNCC1)=CCC(C)c1ccc(N)c(Cl)c12. The smallest absolute Gasteiger partial charge is 0.156 e. The number of benzene rings is 1.